The molecule has 1 aliphatic carbocycles. The molecule has 2 nitrogen and oxygen atoms in total. The Balaban J connectivity index is 1.62. The van der Waals surface area contributed by atoms with Gasteiger partial charge >= 0.3 is 0 Å². The number of nitrogens with one attached hydrogen (secondary N) is 1. The number of ketones is 1. The normalized spacial score (nSPS) is 23.9. The highest BCUT2D eigenvalue weighted by Crippen LogP contribution is 2.36. The van der Waals surface area contributed by atoms with Crippen LogP contribution >= 0.6 is 0 Å². The highest BCUT2D eigenvalue weighted by molar-refractivity contribution is 5.96. The summed E-state index contributed by atoms with van der Waals surface area (Å²) in [6.07, 6.45) is 7.00. The maximum absolute atomic E-state index is 12.1. The summed E-state index contributed by atoms with van der Waals surface area (Å²) in [6, 6.07) is 8.75. The average Bonchev–Trinajstić information content (AvgIpc) is 2.80. The zero-order valence-corrected chi connectivity index (χ0v) is 10.8. The van der Waals surface area contributed by atoms with Crippen LogP contribution in [0.2, 0.25) is 0 Å². The predicted molar refractivity (Wildman–Crippen MR) is 73.0 cm³/mol. The van der Waals surface area contributed by atoms with Crippen LogP contribution < -0.4 is 5.32 Å². The summed E-state index contributed by atoms with van der Waals surface area (Å²) >= 11 is 0. The molecule has 1 aromatic rings. The standard InChI is InChI=1S/C16H21NO/c18-16(11-15-5-2-10-17-15)14-8-6-13(7-9-14)12-3-1-4-12/h6-9,12,15,17H,1-5,10-11H2. The van der Waals surface area contributed by atoms with Crippen molar-refractivity contribution in [2.24, 2.45) is 0 Å². The molecule has 0 amide bonds. The quantitative estimate of drug-likeness (QED) is 0.822. The second kappa shape index (κ2) is 5.23. The smallest absolute Gasteiger partial charge is 0.164 e. The van der Waals surface area contributed by atoms with Crippen molar-refractivity contribution in [3.8, 4) is 0 Å². The Kier molecular flexibility index (Phi) is 3.46. The van der Waals surface area contributed by atoms with Crippen LogP contribution in [0.15, 0.2) is 24.3 Å². The number of carbonyl (C=O) groups is 1. The highest BCUT2D eigenvalue weighted by Gasteiger charge is 2.21. The summed E-state index contributed by atoms with van der Waals surface area (Å²) in [5.74, 6) is 1.04. The number of rotatable bonds is 4. The Morgan fingerprint density at radius 2 is 1.89 bits per heavy atom. The monoisotopic (exact) mass is 243 g/mol. The van der Waals surface area contributed by atoms with Gasteiger partial charge in [0.25, 0.3) is 0 Å². The van der Waals surface area contributed by atoms with Crippen molar-refractivity contribution >= 4 is 5.78 Å². The van der Waals surface area contributed by atoms with Crippen LogP contribution in [-0.4, -0.2) is 18.4 Å². The summed E-state index contributed by atoms with van der Waals surface area (Å²) in [6.45, 7) is 1.07. The number of hydrogen-bond acceptors (Lipinski definition) is 2. The summed E-state index contributed by atoms with van der Waals surface area (Å²) < 4.78 is 0. The zero-order chi connectivity index (χ0) is 12.4. The molecule has 2 fully saturated rings. The fraction of sp³-hybridized carbons (Fsp3) is 0.562. The first-order valence-corrected chi connectivity index (χ1v) is 7.19. The van der Waals surface area contributed by atoms with Crippen molar-refractivity contribution in [3.63, 3.8) is 0 Å². The lowest BCUT2D eigenvalue weighted by Gasteiger charge is -2.25. The summed E-state index contributed by atoms with van der Waals surface area (Å²) in [4.78, 5) is 12.1. The molecule has 1 atom stereocenters. The summed E-state index contributed by atoms with van der Waals surface area (Å²) in [5.41, 5.74) is 2.29. The van der Waals surface area contributed by atoms with Gasteiger partial charge in [-0.05, 0) is 43.7 Å². The van der Waals surface area contributed by atoms with Gasteiger partial charge in [-0.15, -0.1) is 0 Å². The molecule has 1 heterocycles. The molecule has 0 aromatic heterocycles. The minimum absolute atomic E-state index is 0.287. The van der Waals surface area contributed by atoms with Crippen LogP contribution in [-0.2, 0) is 0 Å². The first-order valence-electron chi connectivity index (χ1n) is 7.19. The molecule has 1 unspecified atom stereocenters. The molecule has 1 saturated carbocycles. The zero-order valence-electron chi connectivity index (χ0n) is 10.8. The van der Waals surface area contributed by atoms with E-state index in [1.165, 1.54) is 31.2 Å². The third-order valence-corrected chi connectivity index (χ3v) is 4.40. The van der Waals surface area contributed by atoms with Crippen molar-refractivity contribution in [1.82, 2.24) is 5.32 Å². The van der Waals surface area contributed by atoms with Gasteiger partial charge in [0, 0.05) is 18.0 Å². The van der Waals surface area contributed by atoms with E-state index in [9.17, 15) is 4.79 Å². The van der Waals surface area contributed by atoms with Gasteiger partial charge in [0.15, 0.2) is 5.78 Å². The van der Waals surface area contributed by atoms with E-state index in [0.717, 1.165) is 24.4 Å². The SMILES string of the molecule is O=C(CC1CCCN1)c1ccc(C2CCC2)cc1. The van der Waals surface area contributed by atoms with Crippen molar-refractivity contribution in [2.45, 2.75) is 50.5 Å². The third-order valence-electron chi connectivity index (χ3n) is 4.40. The van der Waals surface area contributed by atoms with E-state index >= 15 is 0 Å². The van der Waals surface area contributed by atoms with E-state index in [0.29, 0.717) is 12.5 Å². The molecule has 0 radical (unpaired) electrons. The van der Waals surface area contributed by atoms with Crippen LogP contribution in [0.25, 0.3) is 0 Å². The second-order valence-corrected chi connectivity index (χ2v) is 5.67. The van der Waals surface area contributed by atoms with E-state index in [1.54, 1.807) is 0 Å². The minimum Gasteiger partial charge on any atom is -0.314 e. The molecule has 2 aliphatic rings. The van der Waals surface area contributed by atoms with Gasteiger partial charge in [-0.25, -0.2) is 0 Å². The van der Waals surface area contributed by atoms with E-state index in [1.807, 2.05) is 12.1 Å². The van der Waals surface area contributed by atoms with E-state index in [2.05, 4.69) is 17.4 Å². The molecular weight excluding hydrogens is 222 g/mol. The molecule has 96 valence electrons. The first-order chi connectivity index (χ1) is 8.83. The largest absolute Gasteiger partial charge is 0.314 e. The van der Waals surface area contributed by atoms with Crippen LogP contribution in [0.4, 0.5) is 0 Å². The van der Waals surface area contributed by atoms with Gasteiger partial charge in [-0.3, -0.25) is 4.79 Å². The molecule has 0 bridgehead atoms. The summed E-state index contributed by atoms with van der Waals surface area (Å²) in [7, 11) is 0. The number of benzene rings is 1. The Hall–Kier alpha value is -1.15. The molecule has 1 aliphatic heterocycles. The molecule has 0 spiro atoms. The van der Waals surface area contributed by atoms with Crippen LogP contribution in [0, 0.1) is 0 Å². The Morgan fingerprint density at radius 3 is 2.44 bits per heavy atom. The molecule has 2 heteroatoms. The lowest BCUT2D eigenvalue weighted by Crippen LogP contribution is -2.24. The number of hydrogen-bond donors (Lipinski definition) is 1. The number of carbonyl (C=O) groups excluding carboxylic acids is 1. The maximum atomic E-state index is 12.1. The average molecular weight is 243 g/mol. The van der Waals surface area contributed by atoms with Crippen molar-refractivity contribution < 1.29 is 4.79 Å². The minimum atomic E-state index is 0.287. The third kappa shape index (κ3) is 2.49. The number of Topliss-reactive ketones (excluding diaryl/α,β-unsaturated/α-hetero) is 1. The lowest BCUT2D eigenvalue weighted by atomic mass is 9.80. The lowest BCUT2D eigenvalue weighted by molar-refractivity contribution is 0.0971. The van der Waals surface area contributed by atoms with Gasteiger partial charge in [0.05, 0.1) is 0 Å². The van der Waals surface area contributed by atoms with E-state index < -0.39 is 0 Å². The van der Waals surface area contributed by atoms with Crippen LogP contribution in [0.5, 0.6) is 0 Å². The highest BCUT2D eigenvalue weighted by atomic mass is 16.1. The Labute approximate surface area is 109 Å². The van der Waals surface area contributed by atoms with Crippen molar-refractivity contribution in [1.29, 1.82) is 0 Å². The maximum Gasteiger partial charge on any atom is 0.164 e. The van der Waals surface area contributed by atoms with Gasteiger partial charge < -0.3 is 5.32 Å². The van der Waals surface area contributed by atoms with E-state index in [4.69, 9.17) is 0 Å². The molecule has 1 N–H and O–H groups in total. The molecule has 1 aromatic carbocycles. The van der Waals surface area contributed by atoms with Crippen LogP contribution in [0.1, 0.15) is 60.4 Å². The van der Waals surface area contributed by atoms with Crippen molar-refractivity contribution in [3.05, 3.63) is 35.4 Å². The topological polar surface area (TPSA) is 29.1 Å². The Bertz CT molecular complexity index is 413. The fourth-order valence-electron chi connectivity index (χ4n) is 2.96. The van der Waals surface area contributed by atoms with Gasteiger partial charge in [-0.2, -0.15) is 0 Å². The first kappa shape index (κ1) is 11.9. The van der Waals surface area contributed by atoms with Gasteiger partial charge in [0.1, 0.15) is 0 Å². The van der Waals surface area contributed by atoms with Crippen LogP contribution in [0.3, 0.4) is 0 Å². The molecule has 1 saturated heterocycles. The molecular formula is C16H21NO. The van der Waals surface area contributed by atoms with E-state index in [-0.39, 0.29) is 5.78 Å². The van der Waals surface area contributed by atoms with Crippen molar-refractivity contribution in [2.75, 3.05) is 6.54 Å². The predicted octanol–water partition coefficient (Wildman–Crippen LogP) is 3.28. The fourth-order valence-corrected chi connectivity index (χ4v) is 2.96. The Morgan fingerprint density at radius 1 is 1.11 bits per heavy atom. The second-order valence-electron chi connectivity index (χ2n) is 5.67. The summed E-state index contributed by atoms with van der Waals surface area (Å²) in [5, 5.41) is 3.38. The van der Waals surface area contributed by atoms with Gasteiger partial charge in [-0.1, -0.05) is 30.7 Å². The molecule has 3 rings (SSSR count). The van der Waals surface area contributed by atoms with Gasteiger partial charge in [0.2, 0.25) is 0 Å². The molecule has 18 heavy (non-hydrogen) atoms.